The van der Waals surface area contributed by atoms with Crippen molar-refractivity contribution >= 4 is 35.8 Å². The number of hydrogen-bond donors (Lipinski definition) is 1. The number of hydrogen-bond acceptors (Lipinski definition) is 3. The molecule has 0 fully saturated rings. The minimum atomic E-state index is -0.107. The molecule has 6 nitrogen and oxygen atoms in total. The van der Waals surface area contributed by atoms with Crippen LogP contribution in [0.3, 0.4) is 0 Å². The van der Waals surface area contributed by atoms with Crippen molar-refractivity contribution in [2.45, 2.75) is 0 Å². The Labute approximate surface area is 149 Å². The molecular formula is C15H25IN4O2. The SMILES string of the molecule is COc1ccc(C(=O)NCCN=C(N(C)C)N(C)C)cc1.I. The average Bonchev–Trinajstić information content (AvgIpc) is 2.46. The zero-order valence-electron chi connectivity index (χ0n) is 13.8. The molecule has 1 amide bonds. The molecule has 124 valence electrons. The van der Waals surface area contributed by atoms with Gasteiger partial charge < -0.3 is 19.9 Å². The average molecular weight is 420 g/mol. The van der Waals surface area contributed by atoms with E-state index in [0.717, 1.165) is 11.7 Å². The lowest BCUT2D eigenvalue weighted by Gasteiger charge is -2.22. The normalized spacial score (nSPS) is 9.32. The molecule has 0 unspecified atom stereocenters. The van der Waals surface area contributed by atoms with E-state index in [1.165, 1.54) is 0 Å². The van der Waals surface area contributed by atoms with Gasteiger partial charge in [0.05, 0.1) is 13.7 Å². The third-order valence-corrected chi connectivity index (χ3v) is 2.80. The Morgan fingerprint density at radius 3 is 2.14 bits per heavy atom. The van der Waals surface area contributed by atoms with Crippen molar-refractivity contribution in [1.82, 2.24) is 15.1 Å². The molecule has 7 heteroatoms. The Bertz CT molecular complexity index is 477. The molecule has 0 aliphatic heterocycles. The molecule has 0 heterocycles. The van der Waals surface area contributed by atoms with Crippen LogP contribution in [0.15, 0.2) is 29.3 Å². The number of guanidine groups is 1. The van der Waals surface area contributed by atoms with Gasteiger partial charge in [0.2, 0.25) is 0 Å². The van der Waals surface area contributed by atoms with Crippen molar-refractivity contribution in [3.05, 3.63) is 29.8 Å². The number of halogens is 1. The van der Waals surface area contributed by atoms with Crippen molar-refractivity contribution < 1.29 is 9.53 Å². The standard InChI is InChI=1S/C15H24N4O2.HI/c1-18(2)15(19(3)4)17-11-10-16-14(20)12-6-8-13(21-5)9-7-12;/h6-9H,10-11H2,1-5H3,(H,16,20);1H. The van der Waals surface area contributed by atoms with Crippen LogP contribution in [0.1, 0.15) is 10.4 Å². The van der Waals surface area contributed by atoms with Gasteiger partial charge in [-0.3, -0.25) is 9.79 Å². The molecule has 0 aliphatic carbocycles. The van der Waals surface area contributed by atoms with Crippen LogP contribution in [-0.2, 0) is 0 Å². The van der Waals surface area contributed by atoms with Gasteiger partial charge in [-0.05, 0) is 24.3 Å². The third-order valence-electron chi connectivity index (χ3n) is 2.80. The van der Waals surface area contributed by atoms with Gasteiger partial charge in [0.1, 0.15) is 5.75 Å². The molecule has 0 atom stereocenters. The molecular weight excluding hydrogens is 395 g/mol. The number of rotatable bonds is 5. The summed E-state index contributed by atoms with van der Waals surface area (Å²) in [6, 6.07) is 7.01. The van der Waals surface area contributed by atoms with Gasteiger partial charge in [-0.2, -0.15) is 0 Å². The Balaban J connectivity index is 0.00000441. The van der Waals surface area contributed by atoms with Crippen LogP contribution in [0.2, 0.25) is 0 Å². The molecule has 0 aliphatic rings. The number of nitrogens with zero attached hydrogens (tertiary/aromatic N) is 3. The fraction of sp³-hybridized carbons (Fsp3) is 0.467. The summed E-state index contributed by atoms with van der Waals surface area (Å²) in [6.45, 7) is 1.03. The second kappa shape index (κ2) is 10.3. The molecule has 0 saturated heterocycles. The molecule has 22 heavy (non-hydrogen) atoms. The smallest absolute Gasteiger partial charge is 0.251 e. The van der Waals surface area contributed by atoms with Crippen molar-refractivity contribution in [3.63, 3.8) is 0 Å². The fourth-order valence-electron chi connectivity index (χ4n) is 1.85. The van der Waals surface area contributed by atoms with Crippen molar-refractivity contribution in [3.8, 4) is 5.75 Å². The Morgan fingerprint density at radius 1 is 1.14 bits per heavy atom. The van der Waals surface area contributed by atoms with Gasteiger partial charge in [-0.15, -0.1) is 24.0 Å². The van der Waals surface area contributed by atoms with E-state index >= 15 is 0 Å². The largest absolute Gasteiger partial charge is 0.497 e. The van der Waals surface area contributed by atoms with Gasteiger partial charge >= 0.3 is 0 Å². The first-order chi connectivity index (χ1) is 9.95. The highest BCUT2D eigenvalue weighted by Gasteiger charge is 2.06. The van der Waals surface area contributed by atoms with E-state index in [-0.39, 0.29) is 29.9 Å². The maximum absolute atomic E-state index is 11.9. The predicted molar refractivity (Wildman–Crippen MR) is 100 cm³/mol. The van der Waals surface area contributed by atoms with Gasteiger partial charge in [0, 0.05) is 40.3 Å². The van der Waals surface area contributed by atoms with Crippen LogP contribution >= 0.6 is 24.0 Å². The lowest BCUT2D eigenvalue weighted by molar-refractivity contribution is 0.0954. The summed E-state index contributed by atoms with van der Waals surface area (Å²) >= 11 is 0. The summed E-state index contributed by atoms with van der Waals surface area (Å²) in [6.07, 6.45) is 0. The number of nitrogens with one attached hydrogen (secondary N) is 1. The fourth-order valence-corrected chi connectivity index (χ4v) is 1.85. The maximum Gasteiger partial charge on any atom is 0.251 e. The third kappa shape index (κ3) is 6.50. The molecule has 0 spiro atoms. The van der Waals surface area contributed by atoms with E-state index in [1.54, 1.807) is 31.4 Å². The summed E-state index contributed by atoms with van der Waals surface area (Å²) in [5.74, 6) is 1.50. The summed E-state index contributed by atoms with van der Waals surface area (Å²) in [5, 5.41) is 2.85. The molecule has 0 saturated carbocycles. The topological polar surface area (TPSA) is 57.2 Å². The Kier molecular flexibility index (Phi) is 9.55. The molecule has 0 aromatic heterocycles. The van der Waals surface area contributed by atoms with Crippen LogP contribution in [0, 0.1) is 0 Å². The minimum absolute atomic E-state index is 0. The number of carbonyl (C=O) groups excluding carboxylic acids is 1. The lowest BCUT2D eigenvalue weighted by atomic mass is 10.2. The molecule has 1 aromatic rings. The number of methoxy groups -OCH3 is 1. The molecule has 0 radical (unpaired) electrons. The van der Waals surface area contributed by atoms with E-state index < -0.39 is 0 Å². The first kappa shape index (κ1) is 20.5. The van der Waals surface area contributed by atoms with E-state index in [2.05, 4.69) is 10.3 Å². The highest BCUT2D eigenvalue weighted by molar-refractivity contribution is 14.0. The van der Waals surface area contributed by atoms with E-state index in [0.29, 0.717) is 18.7 Å². The Hall–Kier alpha value is -1.51. The Morgan fingerprint density at radius 2 is 1.68 bits per heavy atom. The quantitative estimate of drug-likeness (QED) is 0.340. The van der Waals surface area contributed by atoms with Crippen LogP contribution in [-0.4, -0.2) is 70.1 Å². The monoisotopic (exact) mass is 420 g/mol. The number of ether oxygens (including phenoxy) is 1. The van der Waals surface area contributed by atoms with Crippen molar-refractivity contribution in [2.75, 3.05) is 48.4 Å². The van der Waals surface area contributed by atoms with E-state index in [4.69, 9.17) is 4.74 Å². The molecule has 1 N–H and O–H groups in total. The summed E-state index contributed by atoms with van der Waals surface area (Å²) in [5.41, 5.74) is 0.611. The van der Waals surface area contributed by atoms with Gasteiger partial charge in [-0.25, -0.2) is 0 Å². The summed E-state index contributed by atoms with van der Waals surface area (Å²) in [4.78, 5) is 20.3. The van der Waals surface area contributed by atoms with Crippen LogP contribution in [0.25, 0.3) is 0 Å². The number of amides is 1. The van der Waals surface area contributed by atoms with E-state index in [1.807, 2.05) is 38.0 Å². The maximum atomic E-state index is 11.9. The highest BCUT2D eigenvalue weighted by Crippen LogP contribution is 2.10. The van der Waals surface area contributed by atoms with Crippen LogP contribution in [0.4, 0.5) is 0 Å². The van der Waals surface area contributed by atoms with Crippen molar-refractivity contribution in [1.29, 1.82) is 0 Å². The van der Waals surface area contributed by atoms with Gasteiger partial charge in [0.15, 0.2) is 5.96 Å². The second-order valence-electron chi connectivity index (χ2n) is 4.95. The molecule has 0 bridgehead atoms. The minimum Gasteiger partial charge on any atom is -0.497 e. The van der Waals surface area contributed by atoms with Gasteiger partial charge in [-0.1, -0.05) is 0 Å². The predicted octanol–water partition coefficient (Wildman–Crippen LogP) is 1.52. The second-order valence-corrected chi connectivity index (χ2v) is 4.95. The van der Waals surface area contributed by atoms with Gasteiger partial charge in [0.25, 0.3) is 5.91 Å². The summed E-state index contributed by atoms with van der Waals surface area (Å²) in [7, 11) is 9.35. The van der Waals surface area contributed by atoms with Crippen molar-refractivity contribution in [2.24, 2.45) is 4.99 Å². The molecule has 1 aromatic carbocycles. The highest BCUT2D eigenvalue weighted by atomic mass is 127. The lowest BCUT2D eigenvalue weighted by Crippen LogP contribution is -2.36. The first-order valence-electron chi connectivity index (χ1n) is 6.77. The van der Waals surface area contributed by atoms with Crippen LogP contribution < -0.4 is 10.1 Å². The number of carbonyl (C=O) groups is 1. The summed E-state index contributed by atoms with van der Waals surface area (Å²) < 4.78 is 5.06. The number of benzene rings is 1. The number of aliphatic imine (C=N–C) groups is 1. The zero-order valence-corrected chi connectivity index (χ0v) is 16.1. The van der Waals surface area contributed by atoms with E-state index in [9.17, 15) is 4.79 Å². The first-order valence-corrected chi connectivity index (χ1v) is 6.77. The zero-order chi connectivity index (χ0) is 15.8. The van der Waals surface area contributed by atoms with Crippen LogP contribution in [0.5, 0.6) is 5.75 Å². The molecule has 1 rings (SSSR count).